The number of fused-ring (bicyclic) bond motifs is 1. The molecule has 0 saturated carbocycles. The molecule has 1 atom stereocenters. The second-order valence-corrected chi connectivity index (χ2v) is 5.80. The minimum Gasteiger partial charge on any atom is -0.363 e. The second-order valence-electron chi connectivity index (χ2n) is 5.80. The average Bonchev–Trinajstić information content (AvgIpc) is 2.78. The summed E-state index contributed by atoms with van der Waals surface area (Å²) in [6, 6.07) is 9.06. The highest BCUT2D eigenvalue weighted by molar-refractivity contribution is 5.54. The molecule has 106 valence electrons. The number of anilines is 1. The number of aryl methyl sites for hydroxylation is 3. The molecule has 0 radical (unpaired) electrons. The van der Waals surface area contributed by atoms with Crippen LogP contribution in [0.1, 0.15) is 42.8 Å². The number of imidazole rings is 1. The van der Waals surface area contributed by atoms with E-state index in [0.717, 1.165) is 13.0 Å². The van der Waals surface area contributed by atoms with Gasteiger partial charge in [0.15, 0.2) is 0 Å². The van der Waals surface area contributed by atoms with Crippen molar-refractivity contribution in [2.45, 2.75) is 39.2 Å². The Bertz CT molecular complexity index is 600. The molecule has 3 nitrogen and oxygen atoms in total. The summed E-state index contributed by atoms with van der Waals surface area (Å²) >= 11 is 0. The van der Waals surface area contributed by atoms with Crippen LogP contribution in [0.25, 0.3) is 0 Å². The van der Waals surface area contributed by atoms with Crippen LogP contribution in [0.4, 0.5) is 5.69 Å². The lowest BCUT2D eigenvalue weighted by molar-refractivity contribution is 0.565. The fourth-order valence-electron chi connectivity index (χ4n) is 3.35. The molecule has 2 aromatic rings. The number of aromatic nitrogens is 2. The summed E-state index contributed by atoms with van der Waals surface area (Å²) in [7, 11) is 2.11. The molecule has 0 amide bonds. The van der Waals surface area contributed by atoms with E-state index in [2.05, 4.69) is 59.6 Å². The van der Waals surface area contributed by atoms with Crippen LogP contribution in [0.5, 0.6) is 0 Å². The van der Waals surface area contributed by atoms with Crippen molar-refractivity contribution >= 4 is 5.69 Å². The number of para-hydroxylation sites is 1. The summed E-state index contributed by atoms with van der Waals surface area (Å²) in [5.74, 6) is 0. The number of benzene rings is 1. The quantitative estimate of drug-likeness (QED) is 0.788. The van der Waals surface area contributed by atoms with E-state index in [0.29, 0.717) is 6.04 Å². The maximum absolute atomic E-state index is 4.60. The van der Waals surface area contributed by atoms with Crippen molar-refractivity contribution in [2.24, 2.45) is 7.05 Å². The summed E-state index contributed by atoms with van der Waals surface area (Å²) in [4.78, 5) is 7.13. The van der Waals surface area contributed by atoms with Crippen LogP contribution in [-0.2, 0) is 13.5 Å². The first kappa shape index (κ1) is 13.2. The largest absolute Gasteiger partial charge is 0.363 e. The fourth-order valence-corrected chi connectivity index (χ4v) is 3.35. The Morgan fingerprint density at radius 2 is 2.00 bits per heavy atom. The molecule has 3 rings (SSSR count). The average molecular weight is 269 g/mol. The predicted octanol–water partition coefficient (Wildman–Crippen LogP) is 3.63. The van der Waals surface area contributed by atoms with Crippen molar-refractivity contribution in [3.8, 4) is 0 Å². The van der Waals surface area contributed by atoms with Crippen molar-refractivity contribution < 1.29 is 0 Å². The summed E-state index contributed by atoms with van der Waals surface area (Å²) in [5, 5.41) is 0. The van der Waals surface area contributed by atoms with E-state index in [9.17, 15) is 0 Å². The molecule has 0 unspecified atom stereocenters. The Kier molecular flexibility index (Phi) is 3.51. The second kappa shape index (κ2) is 5.31. The van der Waals surface area contributed by atoms with Gasteiger partial charge in [-0.2, -0.15) is 0 Å². The molecule has 0 aliphatic carbocycles. The zero-order valence-electron chi connectivity index (χ0n) is 12.6. The van der Waals surface area contributed by atoms with Gasteiger partial charge < -0.3 is 9.47 Å². The molecule has 0 fully saturated rings. The van der Waals surface area contributed by atoms with E-state index in [4.69, 9.17) is 0 Å². The Labute approximate surface area is 121 Å². The molecule has 0 bridgehead atoms. The van der Waals surface area contributed by atoms with E-state index in [-0.39, 0.29) is 0 Å². The zero-order valence-corrected chi connectivity index (χ0v) is 12.6. The van der Waals surface area contributed by atoms with Crippen molar-refractivity contribution in [1.82, 2.24) is 9.55 Å². The van der Waals surface area contributed by atoms with Gasteiger partial charge in [0, 0.05) is 19.3 Å². The molecular formula is C17H23N3. The summed E-state index contributed by atoms with van der Waals surface area (Å²) in [6.45, 7) is 5.62. The summed E-state index contributed by atoms with van der Waals surface area (Å²) < 4.78 is 2.19. The Hall–Kier alpha value is -1.77. The predicted molar refractivity (Wildman–Crippen MR) is 83.1 cm³/mol. The molecule has 0 saturated heterocycles. The first-order valence-electron chi connectivity index (χ1n) is 7.51. The van der Waals surface area contributed by atoms with Gasteiger partial charge in [-0.3, -0.25) is 0 Å². The van der Waals surface area contributed by atoms with Gasteiger partial charge in [-0.25, -0.2) is 4.98 Å². The molecule has 1 aromatic heterocycles. The fraction of sp³-hybridized carbons (Fsp3) is 0.471. The van der Waals surface area contributed by atoms with Crippen molar-refractivity contribution in [2.75, 3.05) is 11.4 Å². The highest BCUT2D eigenvalue weighted by Gasteiger charge is 2.25. The molecule has 1 aliphatic rings. The lowest BCUT2D eigenvalue weighted by Crippen LogP contribution is -2.31. The van der Waals surface area contributed by atoms with Gasteiger partial charge in [0.2, 0.25) is 0 Å². The molecular weight excluding hydrogens is 246 g/mol. The molecule has 0 spiro atoms. The molecule has 1 aromatic carbocycles. The third kappa shape index (κ3) is 2.21. The maximum atomic E-state index is 4.60. The van der Waals surface area contributed by atoms with Gasteiger partial charge in [0.25, 0.3) is 0 Å². The van der Waals surface area contributed by atoms with Gasteiger partial charge in [0.05, 0.1) is 23.8 Å². The van der Waals surface area contributed by atoms with Crippen LogP contribution in [0.15, 0.2) is 30.6 Å². The van der Waals surface area contributed by atoms with Crippen molar-refractivity contribution in [3.05, 3.63) is 47.5 Å². The Morgan fingerprint density at radius 3 is 2.80 bits per heavy atom. The minimum atomic E-state index is 0.374. The Morgan fingerprint density at radius 1 is 1.20 bits per heavy atom. The van der Waals surface area contributed by atoms with Crippen LogP contribution in [-0.4, -0.2) is 16.1 Å². The third-order valence-electron chi connectivity index (χ3n) is 4.41. The molecule has 20 heavy (non-hydrogen) atoms. The summed E-state index contributed by atoms with van der Waals surface area (Å²) in [6.07, 6.45) is 5.53. The molecule has 3 heteroatoms. The van der Waals surface area contributed by atoms with Crippen molar-refractivity contribution in [3.63, 3.8) is 0 Å². The van der Waals surface area contributed by atoms with E-state index < -0.39 is 0 Å². The standard InChI is InChI=1S/C17H23N3/c1-13-8-4-5-10-16(13)20-11-7-6-9-15-17(14(20)2)19(3)12-18-15/h4-5,8,10,12,14H,6-7,9,11H2,1-3H3/t14-/m0/s1. The van der Waals surface area contributed by atoms with Crippen LogP contribution in [0.3, 0.4) is 0 Å². The Balaban J connectivity index is 2.04. The topological polar surface area (TPSA) is 21.1 Å². The lowest BCUT2D eigenvalue weighted by Gasteiger charge is -2.34. The van der Waals surface area contributed by atoms with E-state index in [1.807, 2.05) is 6.33 Å². The minimum absolute atomic E-state index is 0.374. The monoisotopic (exact) mass is 269 g/mol. The normalized spacial score (nSPS) is 19.4. The number of rotatable bonds is 1. The van der Waals surface area contributed by atoms with Crippen LogP contribution in [0.2, 0.25) is 0 Å². The van der Waals surface area contributed by atoms with Crippen LogP contribution in [0, 0.1) is 6.92 Å². The third-order valence-corrected chi connectivity index (χ3v) is 4.41. The first-order chi connectivity index (χ1) is 9.68. The zero-order chi connectivity index (χ0) is 14.1. The van der Waals surface area contributed by atoms with Gasteiger partial charge in [0.1, 0.15) is 0 Å². The molecule has 1 aliphatic heterocycles. The highest BCUT2D eigenvalue weighted by Crippen LogP contribution is 2.32. The number of hydrogen-bond acceptors (Lipinski definition) is 2. The van der Waals surface area contributed by atoms with Crippen LogP contribution < -0.4 is 4.90 Å². The number of hydrogen-bond donors (Lipinski definition) is 0. The highest BCUT2D eigenvalue weighted by atomic mass is 15.2. The van der Waals surface area contributed by atoms with E-state index in [1.54, 1.807) is 0 Å². The molecule has 0 N–H and O–H groups in total. The van der Waals surface area contributed by atoms with Gasteiger partial charge in [-0.15, -0.1) is 0 Å². The van der Waals surface area contributed by atoms with Crippen molar-refractivity contribution in [1.29, 1.82) is 0 Å². The maximum Gasteiger partial charge on any atom is 0.0949 e. The smallest absolute Gasteiger partial charge is 0.0949 e. The van der Waals surface area contributed by atoms with Crippen LogP contribution >= 0.6 is 0 Å². The first-order valence-corrected chi connectivity index (χ1v) is 7.51. The molecule has 2 heterocycles. The number of nitrogens with zero attached hydrogens (tertiary/aromatic N) is 3. The van der Waals surface area contributed by atoms with Gasteiger partial charge in [-0.05, 0) is 44.7 Å². The summed E-state index contributed by atoms with van der Waals surface area (Å²) in [5.41, 5.74) is 5.35. The van der Waals surface area contributed by atoms with E-state index >= 15 is 0 Å². The van der Waals surface area contributed by atoms with Gasteiger partial charge in [-0.1, -0.05) is 18.2 Å². The van der Waals surface area contributed by atoms with Gasteiger partial charge >= 0.3 is 0 Å². The van der Waals surface area contributed by atoms with E-state index in [1.165, 1.54) is 35.5 Å². The lowest BCUT2D eigenvalue weighted by atomic mass is 10.0. The SMILES string of the molecule is Cc1ccccc1N1CCCCc2ncn(C)c2[C@@H]1C.